The van der Waals surface area contributed by atoms with Crippen molar-refractivity contribution in [2.45, 2.75) is 0 Å². The fourth-order valence-corrected chi connectivity index (χ4v) is 1.52. The average Bonchev–Trinajstić information content (AvgIpc) is 2.34. The summed E-state index contributed by atoms with van der Waals surface area (Å²) in [7, 11) is 1.76. The summed E-state index contributed by atoms with van der Waals surface area (Å²) in [5, 5.41) is 5.85. The van der Waals surface area contributed by atoms with Gasteiger partial charge in [0.15, 0.2) is 5.82 Å². The Labute approximate surface area is 106 Å². The molecule has 0 unspecified atom stereocenters. The van der Waals surface area contributed by atoms with Crippen molar-refractivity contribution >= 4 is 33.3 Å². The first kappa shape index (κ1) is 11.8. The molecule has 0 saturated heterocycles. The van der Waals surface area contributed by atoms with Crippen LogP contribution in [0.2, 0.25) is 0 Å². The van der Waals surface area contributed by atoms with Gasteiger partial charge in [0.1, 0.15) is 11.6 Å². The van der Waals surface area contributed by atoms with E-state index in [-0.39, 0.29) is 5.82 Å². The molecule has 0 spiro atoms. The van der Waals surface area contributed by atoms with Crippen LogP contribution in [0.5, 0.6) is 0 Å². The summed E-state index contributed by atoms with van der Waals surface area (Å²) in [5.41, 5.74) is 0.619. The first-order valence-corrected chi connectivity index (χ1v) is 5.70. The molecule has 0 radical (unpaired) electrons. The van der Waals surface area contributed by atoms with Crippen molar-refractivity contribution in [3.63, 3.8) is 0 Å². The highest BCUT2D eigenvalue weighted by molar-refractivity contribution is 9.10. The Morgan fingerprint density at radius 1 is 1.24 bits per heavy atom. The Morgan fingerprint density at radius 3 is 2.71 bits per heavy atom. The van der Waals surface area contributed by atoms with Crippen molar-refractivity contribution in [1.82, 2.24) is 9.97 Å². The maximum atomic E-state index is 13.3. The van der Waals surface area contributed by atoms with Gasteiger partial charge in [-0.2, -0.15) is 0 Å². The third kappa shape index (κ3) is 2.91. The number of hydrogen-bond donors (Lipinski definition) is 2. The number of aromatic nitrogens is 2. The minimum absolute atomic E-state index is 0.326. The van der Waals surface area contributed by atoms with Crippen LogP contribution in [0.1, 0.15) is 0 Å². The maximum Gasteiger partial charge on any atom is 0.151 e. The second-order valence-electron chi connectivity index (χ2n) is 3.29. The molecule has 4 nitrogen and oxygen atoms in total. The van der Waals surface area contributed by atoms with E-state index < -0.39 is 0 Å². The van der Waals surface area contributed by atoms with E-state index in [2.05, 4.69) is 36.5 Å². The van der Waals surface area contributed by atoms with Gasteiger partial charge in [-0.15, -0.1) is 0 Å². The molecule has 0 fully saturated rings. The fraction of sp³-hybridized carbons (Fsp3) is 0.0909. The van der Waals surface area contributed by atoms with Crippen molar-refractivity contribution < 1.29 is 4.39 Å². The standard InChI is InChI=1S/C11H10BrFN4/c1-14-10-5-15-6-11(17-10)16-7-2-3-8(12)9(13)4-7/h2-6H,1H3,(H2,14,16,17). The number of hydrogen-bond acceptors (Lipinski definition) is 4. The first-order chi connectivity index (χ1) is 8.19. The zero-order valence-electron chi connectivity index (χ0n) is 9.04. The summed E-state index contributed by atoms with van der Waals surface area (Å²) in [6, 6.07) is 4.77. The average molecular weight is 297 g/mol. The zero-order valence-corrected chi connectivity index (χ0v) is 10.6. The molecule has 1 heterocycles. The van der Waals surface area contributed by atoms with Crippen molar-refractivity contribution in [3.8, 4) is 0 Å². The molecule has 0 bridgehead atoms. The predicted molar refractivity (Wildman–Crippen MR) is 69.0 cm³/mol. The van der Waals surface area contributed by atoms with Gasteiger partial charge in [-0.3, -0.25) is 4.98 Å². The molecule has 17 heavy (non-hydrogen) atoms. The Morgan fingerprint density at radius 2 is 2.00 bits per heavy atom. The van der Waals surface area contributed by atoms with Crippen LogP contribution in [0.4, 0.5) is 21.7 Å². The molecule has 2 N–H and O–H groups in total. The second-order valence-corrected chi connectivity index (χ2v) is 4.15. The van der Waals surface area contributed by atoms with E-state index in [1.807, 2.05) is 0 Å². The monoisotopic (exact) mass is 296 g/mol. The lowest BCUT2D eigenvalue weighted by molar-refractivity contribution is 0.622. The summed E-state index contributed by atoms with van der Waals surface area (Å²) in [4.78, 5) is 8.22. The van der Waals surface area contributed by atoms with Crippen LogP contribution >= 0.6 is 15.9 Å². The van der Waals surface area contributed by atoms with Crippen LogP contribution in [0.25, 0.3) is 0 Å². The lowest BCUT2D eigenvalue weighted by Crippen LogP contribution is -1.99. The van der Waals surface area contributed by atoms with E-state index in [1.54, 1.807) is 31.6 Å². The van der Waals surface area contributed by atoms with E-state index in [0.29, 0.717) is 21.8 Å². The van der Waals surface area contributed by atoms with Gasteiger partial charge < -0.3 is 10.6 Å². The number of halogens is 2. The molecule has 0 aliphatic rings. The quantitative estimate of drug-likeness (QED) is 0.913. The molecule has 1 aromatic heterocycles. The van der Waals surface area contributed by atoms with Crippen molar-refractivity contribution in [2.24, 2.45) is 0 Å². The van der Waals surface area contributed by atoms with Crippen LogP contribution in [0, 0.1) is 5.82 Å². The smallest absolute Gasteiger partial charge is 0.151 e. The summed E-state index contributed by atoms with van der Waals surface area (Å²) in [6.45, 7) is 0. The van der Waals surface area contributed by atoms with Crippen LogP contribution in [-0.4, -0.2) is 17.0 Å². The minimum Gasteiger partial charge on any atom is -0.372 e. The van der Waals surface area contributed by atoms with Crippen LogP contribution in [0.15, 0.2) is 35.1 Å². The van der Waals surface area contributed by atoms with Gasteiger partial charge in [-0.05, 0) is 34.1 Å². The third-order valence-corrected chi connectivity index (χ3v) is 2.73. The molecule has 6 heteroatoms. The highest BCUT2D eigenvalue weighted by Gasteiger charge is 2.02. The van der Waals surface area contributed by atoms with Gasteiger partial charge in [0, 0.05) is 12.7 Å². The molecule has 0 aliphatic carbocycles. The van der Waals surface area contributed by atoms with Gasteiger partial charge >= 0.3 is 0 Å². The summed E-state index contributed by atoms with van der Waals surface area (Å²) < 4.78 is 13.7. The molecular formula is C11H10BrFN4. The number of benzene rings is 1. The Bertz CT molecular complexity index is 533. The third-order valence-electron chi connectivity index (χ3n) is 2.08. The van der Waals surface area contributed by atoms with Crippen LogP contribution in [0.3, 0.4) is 0 Å². The molecule has 88 valence electrons. The number of rotatable bonds is 3. The van der Waals surface area contributed by atoms with Gasteiger partial charge in [-0.1, -0.05) is 0 Å². The molecule has 0 atom stereocenters. The topological polar surface area (TPSA) is 49.8 Å². The molecule has 2 aromatic rings. The Balaban J connectivity index is 2.22. The number of nitrogens with zero attached hydrogens (tertiary/aromatic N) is 2. The number of nitrogens with one attached hydrogen (secondary N) is 2. The summed E-state index contributed by atoms with van der Waals surface area (Å²) in [5.74, 6) is 0.874. The van der Waals surface area contributed by atoms with Gasteiger partial charge in [-0.25, -0.2) is 9.37 Å². The number of anilines is 3. The lowest BCUT2D eigenvalue weighted by atomic mass is 10.3. The Kier molecular flexibility index (Phi) is 3.53. The van der Waals surface area contributed by atoms with Gasteiger partial charge in [0.25, 0.3) is 0 Å². The largest absolute Gasteiger partial charge is 0.372 e. The predicted octanol–water partition coefficient (Wildman–Crippen LogP) is 3.16. The fourth-order valence-electron chi connectivity index (χ4n) is 1.27. The van der Waals surface area contributed by atoms with Crippen molar-refractivity contribution in [3.05, 3.63) is 40.9 Å². The van der Waals surface area contributed by atoms with E-state index in [0.717, 1.165) is 0 Å². The Hall–Kier alpha value is -1.69. The second kappa shape index (κ2) is 5.09. The summed E-state index contributed by atoms with van der Waals surface area (Å²) >= 11 is 3.10. The summed E-state index contributed by atoms with van der Waals surface area (Å²) in [6.07, 6.45) is 3.17. The lowest BCUT2D eigenvalue weighted by Gasteiger charge is -2.07. The van der Waals surface area contributed by atoms with Crippen molar-refractivity contribution in [2.75, 3.05) is 17.7 Å². The van der Waals surface area contributed by atoms with Crippen molar-refractivity contribution in [1.29, 1.82) is 0 Å². The van der Waals surface area contributed by atoms with Gasteiger partial charge in [0.05, 0.1) is 16.9 Å². The molecule has 1 aromatic carbocycles. The highest BCUT2D eigenvalue weighted by atomic mass is 79.9. The highest BCUT2D eigenvalue weighted by Crippen LogP contribution is 2.21. The van der Waals surface area contributed by atoms with E-state index in [4.69, 9.17) is 0 Å². The molecule has 0 saturated carbocycles. The van der Waals surface area contributed by atoms with E-state index >= 15 is 0 Å². The van der Waals surface area contributed by atoms with E-state index in [9.17, 15) is 4.39 Å². The SMILES string of the molecule is CNc1cncc(Nc2ccc(Br)c(F)c2)n1. The molecule has 0 aliphatic heterocycles. The first-order valence-electron chi connectivity index (χ1n) is 4.91. The molecule has 2 rings (SSSR count). The molecule has 0 amide bonds. The minimum atomic E-state index is -0.326. The normalized spacial score (nSPS) is 10.1. The maximum absolute atomic E-state index is 13.3. The van der Waals surface area contributed by atoms with Gasteiger partial charge in [0.2, 0.25) is 0 Å². The molecular weight excluding hydrogens is 287 g/mol. The van der Waals surface area contributed by atoms with E-state index in [1.165, 1.54) is 6.07 Å². The van der Waals surface area contributed by atoms with Crippen LogP contribution < -0.4 is 10.6 Å². The zero-order chi connectivity index (χ0) is 12.3. The van der Waals surface area contributed by atoms with Crippen LogP contribution in [-0.2, 0) is 0 Å².